The van der Waals surface area contributed by atoms with Crippen molar-refractivity contribution in [3.8, 4) is 5.75 Å². The Bertz CT molecular complexity index is 810. The van der Waals surface area contributed by atoms with Gasteiger partial charge in [0.05, 0.1) is 19.8 Å². The molecule has 1 aliphatic rings. The van der Waals surface area contributed by atoms with Crippen molar-refractivity contribution in [3.63, 3.8) is 0 Å². The van der Waals surface area contributed by atoms with Gasteiger partial charge in [0.25, 0.3) is 0 Å². The molecule has 3 atom stereocenters. The van der Waals surface area contributed by atoms with Gasteiger partial charge in [0.1, 0.15) is 5.75 Å². The van der Waals surface area contributed by atoms with Gasteiger partial charge in [-0.2, -0.15) is 0 Å². The van der Waals surface area contributed by atoms with Gasteiger partial charge in [0.15, 0.2) is 5.96 Å². The Morgan fingerprint density at radius 1 is 1.19 bits per heavy atom. The summed E-state index contributed by atoms with van der Waals surface area (Å²) < 4.78 is 5.18. The van der Waals surface area contributed by atoms with E-state index >= 15 is 0 Å². The summed E-state index contributed by atoms with van der Waals surface area (Å²) in [6, 6.07) is 19.0. The van der Waals surface area contributed by atoms with E-state index in [-0.39, 0.29) is 0 Å². The molecule has 2 aromatic carbocycles. The van der Waals surface area contributed by atoms with Crippen molar-refractivity contribution in [1.29, 1.82) is 0 Å². The summed E-state index contributed by atoms with van der Waals surface area (Å²) in [6.45, 7) is 7.51. The largest absolute Gasteiger partial charge is 0.497 e. The molecule has 6 heteroatoms. The minimum Gasteiger partial charge on any atom is -0.497 e. The first kappa shape index (κ1) is 23.1. The summed E-state index contributed by atoms with van der Waals surface area (Å²) in [5.41, 5.74) is 2.20. The SMILES string of the molecule is CCNC(=NCC(O)c1ccc(OC)cc1)NC1CCN(Cc2ccccc2)C(C)C1. The number of aliphatic hydroxyl groups is 1. The molecule has 0 radical (unpaired) electrons. The molecule has 0 aliphatic carbocycles. The van der Waals surface area contributed by atoms with Crippen LogP contribution in [0.3, 0.4) is 0 Å². The molecular weight excluding hydrogens is 388 g/mol. The maximum Gasteiger partial charge on any atom is 0.191 e. The molecule has 1 fully saturated rings. The second-order valence-electron chi connectivity index (χ2n) is 8.18. The Morgan fingerprint density at radius 2 is 1.94 bits per heavy atom. The number of methoxy groups -OCH3 is 1. The number of aliphatic hydroxyl groups excluding tert-OH is 1. The molecule has 2 aromatic rings. The van der Waals surface area contributed by atoms with E-state index in [1.165, 1.54) is 5.56 Å². The van der Waals surface area contributed by atoms with Crippen LogP contribution in [0.15, 0.2) is 59.6 Å². The van der Waals surface area contributed by atoms with Crippen molar-refractivity contribution in [2.45, 2.75) is 51.4 Å². The molecule has 0 spiro atoms. The van der Waals surface area contributed by atoms with Crippen LogP contribution in [-0.2, 0) is 6.54 Å². The zero-order chi connectivity index (χ0) is 22.1. The summed E-state index contributed by atoms with van der Waals surface area (Å²) >= 11 is 0. The average molecular weight is 425 g/mol. The van der Waals surface area contributed by atoms with Crippen LogP contribution in [0.25, 0.3) is 0 Å². The molecule has 31 heavy (non-hydrogen) atoms. The number of ether oxygens (including phenoxy) is 1. The molecule has 0 bridgehead atoms. The van der Waals surface area contributed by atoms with Crippen LogP contribution in [0, 0.1) is 0 Å². The highest BCUT2D eigenvalue weighted by atomic mass is 16.5. The van der Waals surface area contributed by atoms with E-state index in [2.05, 4.69) is 64.7 Å². The molecule has 3 rings (SSSR count). The van der Waals surface area contributed by atoms with E-state index < -0.39 is 6.10 Å². The Labute approximate surface area is 186 Å². The lowest BCUT2D eigenvalue weighted by atomic mass is 9.97. The third-order valence-electron chi connectivity index (χ3n) is 5.85. The average Bonchev–Trinajstić information content (AvgIpc) is 2.80. The Balaban J connectivity index is 1.53. The Morgan fingerprint density at radius 3 is 2.58 bits per heavy atom. The zero-order valence-electron chi connectivity index (χ0n) is 18.9. The van der Waals surface area contributed by atoms with Gasteiger partial charge in [-0.25, -0.2) is 0 Å². The van der Waals surface area contributed by atoms with Crippen molar-refractivity contribution in [2.24, 2.45) is 4.99 Å². The number of guanidine groups is 1. The molecule has 3 N–H and O–H groups in total. The third-order valence-corrected chi connectivity index (χ3v) is 5.85. The van der Waals surface area contributed by atoms with Crippen LogP contribution in [-0.4, -0.2) is 54.8 Å². The number of nitrogens with one attached hydrogen (secondary N) is 2. The molecule has 0 saturated carbocycles. The zero-order valence-corrected chi connectivity index (χ0v) is 18.9. The number of rotatable bonds is 8. The monoisotopic (exact) mass is 424 g/mol. The van der Waals surface area contributed by atoms with Crippen LogP contribution >= 0.6 is 0 Å². The van der Waals surface area contributed by atoms with Gasteiger partial charge in [-0.15, -0.1) is 0 Å². The Hall–Kier alpha value is -2.57. The Kier molecular flexibility index (Phi) is 8.74. The first-order valence-electron chi connectivity index (χ1n) is 11.2. The van der Waals surface area contributed by atoms with Crippen LogP contribution < -0.4 is 15.4 Å². The maximum atomic E-state index is 10.5. The fraction of sp³-hybridized carbons (Fsp3) is 0.480. The third kappa shape index (κ3) is 6.97. The molecule has 1 aliphatic heterocycles. The van der Waals surface area contributed by atoms with Crippen molar-refractivity contribution in [1.82, 2.24) is 15.5 Å². The molecule has 168 valence electrons. The molecule has 0 aromatic heterocycles. The van der Waals surface area contributed by atoms with E-state index in [9.17, 15) is 5.11 Å². The molecular formula is C25H36N4O2. The topological polar surface area (TPSA) is 69.1 Å². The summed E-state index contributed by atoms with van der Waals surface area (Å²) in [7, 11) is 1.64. The van der Waals surface area contributed by atoms with E-state index in [0.717, 1.165) is 49.7 Å². The van der Waals surface area contributed by atoms with Crippen LogP contribution in [0.1, 0.15) is 43.9 Å². The van der Waals surface area contributed by atoms with E-state index in [4.69, 9.17) is 4.74 Å². The number of nitrogens with zero attached hydrogens (tertiary/aromatic N) is 2. The summed E-state index contributed by atoms with van der Waals surface area (Å²) in [6.07, 6.45) is 1.49. The highest BCUT2D eigenvalue weighted by Crippen LogP contribution is 2.20. The predicted octanol–water partition coefficient (Wildman–Crippen LogP) is 3.34. The van der Waals surface area contributed by atoms with Gasteiger partial charge >= 0.3 is 0 Å². The number of benzene rings is 2. The van der Waals surface area contributed by atoms with Gasteiger partial charge in [-0.1, -0.05) is 42.5 Å². The van der Waals surface area contributed by atoms with Crippen LogP contribution in [0.5, 0.6) is 5.75 Å². The minimum atomic E-state index is -0.645. The van der Waals surface area contributed by atoms with E-state index in [1.807, 2.05) is 24.3 Å². The lowest BCUT2D eigenvalue weighted by Crippen LogP contribution is -2.51. The highest BCUT2D eigenvalue weighted by Gasteiger charge is 2.26. The van der Waals surface area contributed by atoms with Crippen LogP contribution in [0.2, 0.25) is 0 Å². The number of hydrogen-bond donors (Lipinski definition) is 3. The number of hydrogen-bond acceptors (Lipinski definition) is 4. The van der Waals surface area contributed by atoms with Gasteiger partial charge in [0, 0.05) is 31.7 Å². The maximum absolute atomic E-state index is 10.5. The van der Waals surface area contributed by atoms with Gasteiger partial charge in [0.2, 0.25) is 0 Å². The van der Waals surface area contributed by atoms with Crippen molar-refractivity contribution in [2.75, 3.05) is 26.7 Å². The fourth-order valence-corrected chi connectivity index (χ4v) is 4.03. The normalized spacial score (nSPS) is 20.8. The summed E-state index contributed by atoms with van der Waals surface area (Å²) in [4.78, 5) is 7.18. The number of piperidine rings is 1. The van der Waals surface area contributed by atoms with Crippen molar-refractivity contribution >= 4 is 5.96 Å². The van der Waals surface area contributed by atoms with Crippen LogP contribution in [0.4, 0.5) is 0 Å². The lowest BCUT2D eigenvalue weighted by Gasteiger charge is -2.38. The molecule has 1 saturated heterocycles. The van der Waals surface area contributed by atoms with Gasteiger partial charge in [-0.05, 0) is 49.9 Å². The quantitative estimate of drug-likeness (QED) is 0.448. The molecule has 6 nitrogen and oxygen atoms in total. The molecule has 0 amide bonds. The number of likely N-dealkylation sites (tertiary alicyclic amines) is 1. The van der Waals surface area contributed by atoms with Crippen molar-refractivity contribution in [3.05, 3.63) is 65.7 Å². The molecule has 1 heterocycles. The first-order valence-corrected chi connectivity index (χ1v) is 11.2. The minimum absolute atomic E-state index is 0.310. The van der Waals surface area contributed by atoms with E-state index in [0.29, 0.717) is 18.6 Å². The number of aliphatic imine (C=N–C) groups is 1. The standard InChI is InChI=1S/C25H36N4O2/c1-4-26-25(27-17-24(30)21-10-12-23(31-3)13-11-21)28-22-14-15-29(19(2)16-22)18-20-8-6-5-7-9-20/h5-13,19,22,24,30H,4,14-18H2,1-3H3,(H2,26,27,28). The van der Waals surface area contributed by atoms with Gasteiger partial charge < -0.3 is 20.5 Å². The predicted molar refractivity (Wildman–Crippen MR) is 126 cm³/mol. The molecule has 3 unspecified atom stereocenters. The lowest BCUT2D eigenvalue weighted by molar-refractivity contribution is 0.134. The van der Waals surface area contributed by atoms with Gasteiger partial charge in [-0.3, -0.25) is 9.89 Å². The smallest absolute Gasteiger partial charge is 0.191 e. The van der Waals surface area contributed by atoms with Crippen molar-refractivity contribution < 1.29 is 9.84 Å². The second kappa shape index (κ2) is 11.7. The summed E-state index contributed by atoms with van der Waals surface area (Å²) in [5.74, 6) is 1.55. The highest BCUT2D eigenvalue weighted by molar-refractivity contribution is 5.80. The van der Waals surface area contributed by atoms with E-state index in [1.54, 1.807) is 7.11 Å². The first-order chi connectivity index (χ1) is 15.1. The summed E-state index contributed by atoms with van der Waals surface area (Å²) in [5, 5.41) is 17.4. The second-order valence-corrected chi connectivity index (χ2v) is 8.18. The fourth-order valence-electron chi connectivity index (χ4n) is 4.03.